The van der Waals surface area contributed by atoms with Gasteiger partial charge in [-0.3, -0.25) is 4.79 Å². The molecular formula is C17H24O5. The first-order chi connectivity index (χ1) is 10.6. The summed E-state index contributed by atoms with van der Waals surface area (Å²) >= 11 is 0. The van der Waals surface area contributed by atoms with Gasteiger partial charge in [0.15, 0.2) is 0 Å². The number of rotatable bonds is 9. The van der Waals surface area contributed by atoms with Gasteiger partial charge in [0.2, 0.25) is 0 Å². The molecule has 5 heteroatoms. The summed E-state index contributed by atoms with van der Waals surface area (Å²) in [6.07, 6.45) is 1.92. The highest BCUT2D eigenvalue weighted by molar-refractivity contribution is 5.69. The van der Waals surface area contributed by atoms with Gasteiger partial charge in [-0.15, -0.1) is 0 Å². The maximum Gasteiger partial charge on any atom is 0.308 e. The lowest BCUT2D eigenvalue weighted by Crippen LogP contribution is -2.43. The lowest BCUT2D eigenvalue weighted by molar-refractivity contribution is -0.138. The van der Waals surface area contributed by atoms with E-state index in [1.165, 1.54) is 6.92 Å². The second kappa shape index (κ2) is 8.15. The second-order valence-corrected chi connectivity index (χ2v) is 5.98. The molecule has 1 heterocycles. The average Bonchev–Trinajstić information content (AvgIpc) is 2.45. The number of ether oxygens (including phenoxy) is 4. The van der Waals surface area contributed by atoms with Crippen LogP contribution >= 0.6 is 0 Å². The lowest BCUT2D eigenvalue weighted by atomic mass is 9.90. The van der Waals surface area contributed by atoms with Gasteiger partial charge in [0, 0.05) is 18.9 Å². The maximum absolute atomic E-state index is 10.8. The Hall–Kier alpha value is -1.59. The standard InChI is InChI=1S/C17H24O5/c1-14(18)22-16-7-5-15(6-8-16)21-10-4-3-9-19-11-17(2)12-20-13-17/h5-8H,3-4,9-13H2,1-2H3. The average molecular weight is 308 g/mol. The van der Waals surface area contributed by atoms with Crippen LogP contribution in [-0.2, 0) is 14.3 Å². The van der Waals surface area contributed by atoms with E-state index in [1.807, 2.05) is 0 Å². The molecule has 0 unspecified atom stereocenters. The zero-order valence-electron chi connectivity index (χ0n) is 13.3. The molecule has 22 heavy (non-hydrogen) atoms. The van der Waals surface area contributed by atoms with E-state index >= 15 is 0 Å². The SMILES string of the molecule is CC(=O)Oc1ccc(OCCCCOCC2(C)COC2)cc1. The van der Waals surface area contributed by atoms with Gasteiger partial charge in [-0.1, -0.05) is 6.92 Å². The van der Waals surface area contributed by atoms with Crippen molar-refractivity contribution in [2.75, 3.05) is 33.0 Å². The van der Waals surface area contributed by atoms with Crippen molar-refractivity contribution in [3.63, 3.8) is 0 Å². The van der Waals surface area contributed by atoms with Crippen molar-refractivity contribution in [1.82, 2.24) is 0 Å². The molecule has 1 aliphatic heterocycles. The summed E-state index contributed by atoms with van der Waals surface area (Å²) in [6, 6.07) is 7.04. The molecule has 1 saturated heterocycles. The zero-order valence-corrected chi connectivity index (χ0v) is 13.3. The molecule has 2 rings (SSSR count). The summed E-state index contributed by atoms with van der Waals surface area (Å²) < 4.78 is 21.4. The van der Waals surface area contributed by atoms with Crippen LogP contribution in [0.25, 0.3) is 0 Å². The number of carbonyl (C=O) groups excluding carboxylic acids is 1. The Morgan fingerprint density at radius 1 is 1.14 bits per heavy atom. The maximum atomic E-state index is 10.8. The molecule has 1 aliphatic rings. The van der Waals surface area contributed by atoms with Crippen LogP contribution in [-0.4, -0.2) is 39.0 Å². The molecular weight excluding hydrogens is 284 g/mol. The second-order valence-electron chi connectivity index (χ2n) is 5.98. The topological polar surface area (TPSA) is 54.0 Å². The minimum absolute atomic E-state index is 0.222. The third-order valence-corrected chi connectivity index (χ3v) is 3.39. The fourth-order valence-electron chi connectivity index (χ4n) is 2.12. The first-order valence-electron chi connectivity index (χ1n) is 7.64. The summed E-state index contributed by atoms with van der Waals surface area (Å²) in [5, 5.41) is 0. The summed E-state index contributed by atoms with van der Waals surface area (Å²) in [6.45, 7) is 7.34. The Labute approximate surface area is 131 Å². The molecule has 0 atom stereocenters. The van der Waals surface area contributed by atoms with E-state index in [-0.39, 0.29) is 11.4 Å². The molecule has 0 aromatic heterocycles. The van der Waals surface area contributed by atoms with Crippen LogP contribution in [0.15, 0.2) is 24.3 Å². The van der Waals surface area contributed by atoms with Crippen LogP contribution in [0.5, 0.6) is 11.5 Å². The van der Waals surface area contributed by atoms with E-state index < -0.39 is 0 Å². The van der Waals surface area contributed by atoms with Gasteiger partial charge in [0.05, 0.1) is 26.4 Å². The fourth-order valence-corrected chi connectivity index (χ4v) is 2.12. The summed E-state index contributed by atoms with van der Waals surface area (Å²) in [4.78, 5) is 10.8. The van der Waals surface area contributed by atoms with Crippen molar-refractivity contribution < 1.29 is 23.7 Å². The molecule has 0 bridgehead atoms. The number of hydrogen-bond donors (Lipinski definition) is 0. The third-order valence-electron chi connectivity index (χ3n) is 3.39. The van der Waals surface area contributed by atoms with Crippen molar-refractivity contribution in [1.29, 1.82) is 0 Å². The summed E-state index contributed by atoms with van der Waals surface area (Å²) in [5.41, 5.74) is 0.222. The van der Waals surface area contributed by atoms with Gasteiger partial charge >= 0.3 is 5.97 Å². The van der Waals surface area contributed by atoms with E-state index in [4.69, 9.17) is 18.9 Å². The van der Waals surface area contributed by atoms with Crippen molar-refractivity contribution in [3.05, 3.63) is 24.3 Å². The highest BCUT2D eigenvalue weighted by atomic mass is 16.5. The molecule has 5 nitrogen and oxygen atoms in total. The molecule has 1 fully saturated rings. The van der Waals surface area contributed by atoms with E-state index in [0.29, 0.717) is 12.4 Å². The minimum Gasteiger partial charge on any atom is -0.494 e. The molecule has 0 spiro atoms. The Bertz CT molecular complexity index is 464. The summed E-state index contributed by atoms with van der Waals surface area (Å²) in [7, 11) is 0. The smallest absolute Gasteiger partial charge is 0.308 e. The molecule has 0 radical (unpaired) electrons. The van der Waals surface area contributed by atoms with Gasteiger partial charge in [-0.25, -0.2) is 0 Å². The largest absolute Gasteiger partial charge is 0.494 e. The van der Waals surface area contributed by atoms with Crippen molar-refractivity contribution in [3.8, 4) is 11.5 Å². The number of benzene rings is 1. The van der Waals surface area contributed by atoms with Crippen LogP contribution in [0.4, 0.5) is 0 Å². The molecule has 0 N–H and O–H groups in total. The highest BCUT2D eigenvalue weighted by Gasteiger charge is 2.33. The number of esters is 1. The zero-order chi connectivity index (χ0) is 15.8. The molecule has 0 amide bonds. The van der Waals surface area contributed by atoms with Gasteiger partial charge < -0.3 is 18.9 Å². The predicted octanol–water partition coefficient (Wildman–Crippen LogP) is 2.82. The third kappa shape index (κ3) is 5.66. The molecule has 0 saturated carbocycles. The van der Waals surface area contributed by atoms with Gasteiger partial charge in [-0.05, 0) is 37.1 Å². The minimum atomic E-state index is -0.323. The summed E-state index contributed by atoms with van der Waals surface area (Å²) in [5.74, 6) is 0.980. The fraction of sp³-hybridized carbons (Fsp3) is 0.588. The van der Waals surface area contributed by atoms with Gasteiger partial charge in [-0.2, -0.15) is 0 Å². The molecule has 1 aromatic rings. The van der Waals surface area contributed by atoms with Crippen LogP contribution in [0.2, 0.25) is 0 Å². The van der Waals surface area contributed by atoms with E-state index in [0.717, 1.165) is 45.0 Å². The Balaban J connectivity index is 1.52. The monoisotopic (exact) mass is 308 g/mol. The van der Waals surface area contributed by atoms with Crippen LogP contribution < -0.4 is 9.47 Å². The number of unbranched alkanes of at least 4 members (excludes halogenated alkanes) is 1. The van der Waals surface area contributed by atoms with Gasteiger partial charge in [0.1, 0.15) is 11.5 Å². The van der Waals surface area contributed by atoms with Crippen molar-refractivity contribution in [2.24, 2.45) is 5.41 Å². The molecule has 1 aromatic carbocycles. The predicted molar refractivity (Wildman–Crippen MR) is 82.2 cm³/mol. The molecule has 122 valence electrons. The molecule has 0 aliphatic carbocycles. The number of carbonyl (C=O) groups is 1. The van der Waals surface area contributed by atoms with Crippen molar-refractivity contribution >= 4 is 5.97 Å². The first kappa shape index (κ1) is 16.8. The van der Waals surface area contributed by atoms with Crippen molar-refractivity contribution in [2.45, 2.75) is 26.7 Å². The van der Waals surface area contributed by atoms with Crippen LogP contribution in [0, 0.1) is 5.41 Å². The lowest BCUT2D eigenvalue weighted by Gasteiger charge is -2.37. The number of hydrogen-bond acceptors (Lipinski definition) is 5. The van der Waals surface area contributed by atoms with E-state index in [9.17, 15) is 4.79 Å². The van der Waals surface area contributed by atoms with E-state index in [1.54, 1.807) is 24.3 Å². The van der Waals surface area contributed by atoms with Gasteiger partial charge in [0.25, 0.3) is 0 Å². The Morgan fingerprint density at radius 2 is 1.77 bits per heavy atom. The first-order valence-corrected chi connectivity index (χ1v) is 7.64. The highest BCUT2D eigenvalue weighted by Crippen LogP contribution is 2.26. The Morgan fingerprint density at radius 3 is 2.36 bits per heavy atom. The Kier molecular flexibility index (Phi) is 6.21. The quantitative estimate of drug-likeness (QED) is 0.399. The van der Waals surface area contributed by atoms with E-state index in [2.05, 4.69) is 6.92 Å². The van der Waals surface area contributed by atoms with Crippen LogP contribution in [0.1, 0.15) is 26.7 Å². The normalized spacial score (nSPS) is 15.9. The van der Waals surface area contributed by atoms with Crippen LogP contribution in [0.3, 0.4) is 0 Å².